The van der Waals surface area contributed by atoms with Crippen molar-refractivity contribution < 1.29 is 109 Å². The first-order valence-electron chi connectivity index (χ1n) is 26.8. The molecule has 4 unspecified atom stereocenters. The number of fused-ring (bicyclic) bond motifs is 7. The molecular formula is C51H84O22. The fourth-order valence-corrected chi connectivity index (χ4v) is 15.1. The van der Waals surface area contributed by atoms with Crippen molar-refractivity contribution in [1.29, 1.82) is 0 Å². The smallest absolute Gasteiger partial charge is 0.187 e. The van der Waals surface area contributed by atoms with Gasteiger partial charge in [-0.2, -0.15) is 0 Å². The van der Waals surface area contributed by atoms with Crippen molar-refractivity contribution in [1.82, 2.24) is 0 Å². The summed E-state index contributed by atoms with van der Waals surface area (Å²) in [5, 5.41) is 136. The number of aliphatic hydroxyl groups is 13. The molecule has 0 bridgehead atoms. The van der Waals surface area contributed by atoms with E-state index in [1.54, 1.807) is 0 Å². The van der Waals surface area contributed by atoms with Gasteiger partial charge in [-0.25, -0.2) is 0 Å². The van der Waals surface area contributed by atoms with Crippen LogP contribution in [0.15, 0.2) is 11.3 Å². The molecule has 0 radical (unpaired) electrons. The highest BCUT2D eigenvalue weighted by molar-refractivity contribution is 5.27. The third-order valence-corrected chi connectivity index (χ3v) is 19.4. The second-order valence-corrected chi connectivity index (χ2v) is 23.7. The van der Waals surface area contributed by atoms with E-state index in [9.17, 15) is 66.4 Å². The van der Waals surface area contributed by atoms with E-state index in [2.05, 4.69) is 20.8 Å². The summed E-state index contributed by atoms with van der Waals surface area (Å²) in [7, 11) is 0. The molecule has 22 heteroatoms. The largest absolute Gasteiger partial charge is 0.494 e. The van der Waals surface area contributed by atoms with E-state index in [1.165, 1.54) is 12.5 Å². The average molecular weight is 1050 g/mol. The Hall–Kier alpha value is -1.30. The molecule has 420 valence electrons. The maximum absolute atomic E-state index is 12.1. The normalized spacial score (nSPS) is 53.5. The number of hydrogen-bond acceptors (Lipinski definition) is 22. The molecule has 0 aromatic heterocycles. The van der Waals surface area contributed by atoms with Crippen LogP contribution in [0.25, 0.3) is 0 Å². The molecule has 4 aliphatic carbocycles. The molecular weight excluding hydrogens is 965 g/mol. The van der Waals surface area contributed by atoms with Crippen LogP contribution in [0, 0.1) is 46.3 Å². The molecule has 0 spiro atoms. The van der Waals surface area contributed by atoms with Gasteiger partial charge in [-0.15, -0.1) is 0 Å². The Balaban J connectivity index is 0.836. The number of aliphatic hydroxyl groups excluding tert-OH is 13. The average Bonchev–Trinajstić information content (AvgIpc) is 3.86. The molecule has 5 aliphatic heterocycles. The molecule has 5 heterocycles. The zero-order valence-corrected chi connectivity index (χ0v) is 42.6. The van der Waals surface area contributed by atoms with Gasteiger partial charge in [-0.3, -0.25) is 0 Å². The Kier molecular flexibility index (Phi) is 17.3. The first kappa shape index (κ1) is 56.4. The van der Waals surface area contributed by atoms with Crippen molar-refractivity contribution in [2.24, 2.45) is 46.3 Å². The lowest BCUT2D eigenvalue weighted by Crippen LogP contribution is -2.67. The summed E-state index contributed by atoms with van der Waals surface area (Å²) >= 11 is 0. The highest BCUT2D eigenvalue weighted by Crippen LogP contribution is 2.70. The molecule has 8 fully saturated rings. The molecule has 9 rings (SSSR count). The Labute approximate surface area is 426 Å². The SMILES string of the molecule is CC1=C(CCC(C)CO[C@@H]2O[C@H](CO)[C@@H](O)[C@H](O)[C@H]2O)OC2C[C@H]3[C@@H]4CCC5C[C@@H](O[C@@H]6O[C@H](CO)[C@H](O[C@@H]7O[C@H](CO)[C@@H](O)[C@H](O)[C@H]7O)[C@H](O)[C@H]6O[C@@H]6O[C@@H](C)[C@H](O)[C@@H](O)[C@H]6O)CC[C@]5(C)[C@H]4CC[C@]3(C)C12. The second-order valence-electron chi connectivity index (χ2n) is 23.7. The van der Waals surface area contributed by atoms with Crippen LogP contribution in [0.4, 0.5) is 0 Å². The van der Waals surface area contributed by atoms with Crippen LogP contribution in [0.3, 0.4) is 0 Å². The number of hydrogen-bond donors (Lipinski definition) is 13. The summed E-state index contributed by atoms with van der Waals surface area (Å²) in [5.74, 6) is 3.27. The Morgan fingerprint density at radius 1 is 0.575 bits per heavy atom. The van der Waals surface area contributed by atoms with Crippen LogP contribution in [-0.4, -0.2) is 228 Å². The predicted molar refractivity (Wildman–Crippen MR) is 249 cm³/mol. The Bertz CT molecular complexity index is 1880. The molecule has 30 atom stereocenters. The summed E-state index contributed by atoms with van der Waals surface area (Å²) in [6.45, 7) is 8.95. The molecule has 0 aromatic rings. The highest BCUT2D eigenvalue weighted by Gasteiger charge is 2.65. The third kappa shape index (κ3) is 10.3. The maximum Gasteiger partial charge on any atom is 0.187 e. The topological polar surface area (TPSA) is 346 Å². The first-order chi connectivity index (χ1) is 34.6. The monoisotopic (exact) mass is 1050 g/mol. The second kappa shape index (κ2) is 22.4. The van der Waals surface area contributed by atoms with Crippen LogP contribution in [0.2, 0.25) is 0 Å². The van der Waals surface area contributed by atoms with Gasteiger partial charge in [-0.05, 0) is 118 Å². The summed E-state index contributed by atoms with van der Waals surface area (Å²) in [6, 6.07) is 0. The van der Waals surface area contributed by atoms with Gasteiger partial charge in [0.05, 0.1) is 44.4 Å². The standard InChI is InChI=1S/C51H84O22/c1-20(19-65-46-40(61)38(59)35(56)30(16-52)69-46)6-9-28-21(2)33-29(68-28)15-27-25-8-7-23-14-24(10-12-50(23,4)26(25)11-13-51(27,33)5)67-49-45(73-47-41(62)37(58)34(55)22(3)66-47)43(64)44(32(18-54)71-49)72-48-42(63)39(60)36(57)31(17-53)70-48/h20,22-27,29-49,52-64H,6-19H2,1-5H3/t20?,22-,23?,24-,25+,26-,27-,29?,30+,31+,32+,33?,34-,35+,36+,37+,38-,39-,40+,41+,42+,43-,44-,45+,46+,47-,48-,49+,50-,51-/m0/s1. The minimum absolute atomic E-state index is 0.0283. The Morgan fingerprint density at radius 3 is 1.81 bits per heavy atom. The zero-order valence-electron chi connectivity index (χ0n) is 42.6. The van der Waals surface area contributed by atoms with Gasteiger partial charge < -0.3 is 109 Å². The zero-order chi connectivity index (χ0) is 52.6. The van der Waals surface area contributed by atoms with Crippen LogP contribution in [0.1, 0.15) is 98.8 Å². The van der Waals surface area contributed by atoms with Crippen molar-refractivity contribution in [2.75, 3.05) is 26.4 Å². The summed E-state index contributed by atoms with van der Waals surface area (Å²) < 4.78 is 54.7. The van der Waals surface area contributed by atoms with E-state index in [-0.39, 0.29) is 35.6 Å². The fraction of sp³-hybridized carbons (Fsp3) is 0.961. The van der Waals surface area contributed by atoms with Crippen LogP contribution in [0.5, 0.6) is 0 Å². The van der Waals surface area contributed by atoms with E-state index in [1.807, 2.05) is 6.92 Å². The van der Waals surface area contributed by atoms with Crippen molar-refractivity contribution in [3.8, 4) is 0 Å². The van der Waals surface area contributed by atoms with Gasteiger partial charge in [0.15, 0.2) is 25.2 Å². The van der Waals surface area contributed by atoms with Gasteiger partial charge in [-0.1, -0.05) is 20.8 Å². The van der Waals surface area contributed by atoms with Crippen molar-refractivity contribution >= 4 is 0 Å². The molecule has 13 N–H and O–H groups in total. The van der Waals surface area contributed by atoms with Gasteiger partial charge in [0.25, 0.3) is 0 Å². The molecule has 4 saturated heterocycles. The lowest BCUT2D eigenvalue weighted by Gasteiger charge is -2.61. The lowest BCUT2D eigenvalue weighted by molar-refractivity contribution is -0.390. The molecule has 9 aliphatic rings. The predicted octanol–water partition coefficient (Wildman–Crippen LogP) is -1.98. The number of rotatable bonds is 15. The number of allylic oxidation sites excluding steroid dienone is 1. The fourth-order valence-electron chi connectivity index (χ4n) is 15.1. The van der Waals surface area contributed by atoms with E-state index in [0.29, 0.717) is 42.4 Å². The maximum atomic E-state index is 12.1. The van der Waals surface area contributed by atoms with E-state index >= 15 is 0 Å². The molecule has 0 amide bonds. The Morgan fingerprint density at radius 2 is 1.15 bits per heavy atom. The van der Waals surface area contributed by atoms with Crippen molar-refractivity contribution in [3.63, 3.8) is 0 Å². The van der Waals surface area contributed by atoms with Gasteiger partial charge in [0, 0.05) is 12.3 Å². The van der Waals surface area contributed by atoms with Crippen LogP contribution >= 0.6 is 0 Å². The van der Waals surface area contributed by atoms with Gasteiger partial charge >= 0.3 is 0 Å². The first-order valence-corrected chi connectivity index (χ1v) is 26.8. The van der Waals surface area contributed by atoms with Gasteiger partial charge in [0.1, 0.15) is 97.7 Å². The van der Waals surface area contributed by atoms with Crippen molar-refractivity contribution in [3.05, 3.63) is 11.3 Å². The summed E-state index contributed by atoms with van der Waals surface area (Å²) in [6.07, 6.45) is -21.1. The van der Waals surface area contributed by atoms with Gasteiger partial charge in [0.2, 0.25) is 0 Å². The van der Waals surface area contributed by atoms with Crippen LogP contribution in [-0.2, 0) is 42.6 Å². The molecule has 22 nitrogen and oxygen atoms in total. The quantitative estimate of drug-likeness (QED) is 0.0791. The lowest BCUT2D eigenvalue weighted by atomic mass is 9.44. The molecule has 0 aromatic carbocycles. The van der Waals surface area contributed by atoms with E-state index in [0.717, 1.165) is 57.1 Å². The third-order valence-electron chi connectivity index (χ3n) is 19.4. The summed E-state index contributed by atoms with van der Waals surface area (Å²) in [5.41, 5.74) is 1.44. The molecule has 73 heavy (non-hydrogen) atoms. The minimum atomic E-state index is -1.84. The number of ether oxygens (including phenoxy) is 9. The van der Waals surface area contributed by atoms with Crippen molar-refractivity contribution in [2.45, 2.75) is 234 Å². The summed E-state index contributed by atoms with van der Waals surface area (Å²) in [4.78, 5) is 0. The molecule has 4 saturated carbocycles. The van der Waals surface area contributed by atoms with E-state index < -0.39 is 143 Å². The van der Waals surface area contributed by atoms with E-state index in [4.69, 9.17) is 42.6 Å². The van der Waals surface area contributed by atoms with Crippen LogP contribution < -0.4 is 0 Å². The highest BCUT2D eigenvalue weighted by atomic mass is 16.8. The minimum Gasteiger partial charge on any atom is -0.494 e.